The van der Waals surface area contributed by atoms with Gasteiger partial charge in [-0.1, -0.05) is 74.5 Å². The second-order valence-electron chi connectivity index (χ2n) is 11.2. The first kappa shape index (κ1) is 28.5. The van der Waals surface area contributed by atoms with E-state index in [0.29, 0.717) is 0 Å². The molecule has 7 atom stereocenters. The number of carbonyl (C=O) groups excluding carboxylic acids is 1. The fraction of sp³-hybridized carbons (Fsp3) is 0.452. The summed E-state index contributed by atoms with van der Waals surface area (Å²) in [6.45, 7) is 10.4. The van der Waals surface area contributed by atoms with Crippen LogP contribution in [0.3, 0.4) is 0 Å². The number of amides is 2. The van der Waals surface area contributed by atoms with E-state index in [1.165, 1.54) is 0 Å². The fourth-order valence-electron chi connectivity index (χ4n) is 6.59. The van der Waals surface area contributed by atoms with E-state index < -0.39 is 5.54 Å². The van der Waals surface area contributed by atoms with Crippen LogP contribution in [-0.4, -0.2) is 48.0 Å². The molecule has 208 valence electrons. The summed E-state index contributed by atoms with van der Waals surface area (Å²) in [5.41, 5.74) is 4.52. The number of likely N-dealkylation sites (tertiary alicyclic amines) is 1. The first-order valence-electron chi connectivity index (χ1n) is 13.9. The zero-order valence-electron chi connectivity index (χ0n) is 22.9. The minimum absolute atomic E-state index is 0.00189. The smallest absolute Gasteiger partial charge is 0.318 e. The Balaban J connectivity index is 1.67. The molecule has 8 heteroatoms. The fourth-order valence-corrected chi connectivity index (χ4v) is 7.22. The van der Waals surface area contributed by atoms with Crippen LogP contribution >= 0.6 is 32.4 Å². The average Bonchev–Trinajstić information content (AvgIpc) is 3.57. The maximum absolute atomic E-state index is 13.9. The van der Waals surface area contributed by atoms with Crippen LogP contribution in [-0.2, 0) is 0 Å². The third-order valence-electron chi connectivity index (χ3n) is 8.96. The lowest BCUT2D eigenvalue weighted by molar-refractivity contribution is 0.186. The molecule has 0 aromatic heterocycles. The second-order valence-corrected chi connectivity index (χ2v) is 12.8. The number of carbonyl (C=O) groups is 1. The topological polar surface area (TPSA) is 56.4 Å². The number of nitrogens with zero attached hydrogens (tertiary/aromatic N) is 1. The number of hydrogen-bond donors (Lipinski definition) is 3. The summed E-state index contributed by atoms with van der Waals surface area (Å²) >= 11 is 13.2. The van der Waals surface area contributed by atoms with Gasteiger partial charge in [-0.3, -0.25) is 0 Å². The third kappa shape index (κ3) is 5.12. The number of likely N-dealkylation sites (N-methyl/N-ethyl adjacent to an activating group) is 1. The molecule has 1 aromatic carbocycles. The minimum atomic E-state index is -0.713. The molecule has 4 aliphatic rings. The summed E-state index contributed by atoms with van der Waals surface area (Å²) in [6, 6.07) is 8.26. The van der Waals surface area contributed by atoms with E-state index in [4.69, 9.17) is 23.2 Å². The van der Waals surface area contributed by atoms with Crippen molar-refractivity contribution in [3.63, 3.8) is 0 Å². The molecule has 0 bridgehead atoms. The largest absolute Gasteiger partial charge is 0.387 e. The molecule has 1 aromatic rings. The Morgan fingerprint density at radius 2 is 1.90 bits per heavy atom. The van der Waals surface area contributed by atoms with Gasteiger partial charge in [0.25, 0.3) is 0 Å². The number of urea groups is 1. The lowest BCUT2D eigenvalue weighted by Gasteiger charge is -2.43. The molecule has 2 amide bonds. The molecule has 3 N–H and O–H groups in total. The van der Waals surface area contributed by atoms with Crippen molar-refractivity contribution in [2.45, 2.75) is 56.1 Å². The molecule has 7 unspecified atom stereocenters. The highest BCUT2D eigenvalue weighted by Gasteiger charge is 2.57. The van der Waals surface area contributed by atoms with E-state index in [1.807, 2.05) is 18.0 Å². The summed E-state index contributed by atoms with van der Waals surface area (Å²) in [5.74, 6) is -0.0179. The van der Waals surface area contributed by atoms with Crippen molar-refractivity contribution < 1.29 is 4.79 Å². The van der Waals surface area contributed by atoms with Crippen LogP contribution in [0.4, 0.5) is 4.79 Å². The van der Waals surface area contributed by atoms with Crippen LogP contribution in [0.15, 0.2) is 82.6 Å². The Kier molecular flexibility index (Phi) is 8.36. The third-order valence-corrected chi connectivity index (χ3v) is 10.2. The van der Waals surface area contributed by atoms with Gasteiger partial charge in [0.05, 0.1) is 17.0 Å². The van der Waals surface area contributed by atoms with Crippen molar-refractivity contribution in [3.05, 3.63) is 88.2 Å². The highest BCUT2D eigenvalue weighted by molar-refractivity contribution is 7.27. The van der Waals surface area contributed by atoms with Gasteiger partial charge in [-0.2, -0.15) is 0 Å². The van der Waals surface area contributed by atoms with Crippen LogP contribution in [0, 0.1) is 11.8 Å². The van der Waals surface area contributed by atoms with E-state index >= 15 is 0 Å². The molecule has 5 nitrogen and oxygen atoms in total. The van der Waals surface area contributed by atoms with E-state index in [0.717, 1.165) is 70.7 Å². The van der Waals surface area contributed by atoms with Crippen molar-refractivity contribution in [2.24, 2.45) is 11.8 Å². The number of nitrogens with one attached hydrogen (secondary N) is 3. The Hall–Kier alpha value is -2.04. The molecule has 2 heterocycles. The van der Waals surface area contributed by atoms with Gasteiger partial charge in [-0.25, -0.2) is 4.79 Å². The highest BCUT2D eigenvalue weighted by Crippen LogP contribution is 2.51. The van der Waals surface area contributed by atoms with Crippen LogP contribution in [0.25, 0.3) is 0 Å². The molecular weight excluding hydrogens is 546 g/mol. The minimum Gasteiger partial charge on any atom is -0.387 e. The van der Waals surface area contributed by atoms with Gasteiger partial charge in [0.15, 0.2) is 0 Å². The molecule has 0 radical (unpaired) electrons. The van der Waals surface area contributed by atoms with Crippen molar-refractivity contribution >= 4 is 43.8 Å². The van der Waals surface area contributed by atoms with Crippen molar-refractivity contribution in [2.75, 3.05) is 20.1 Å². The standard InChI is InChI=1S/C31H39Cl2N4OP/c1-18-19(2)27(33)26(34-4)17-25(18)28-20(3)31(22-9-11-23(32)12-10-22,36-30(38)37-15-5-6-16-37)29(35-28)21-7-13-24(39)14-8-21/h7-11,13-14,17,19-20,23,28-29,34-35H,1,5-6,12,15-16,39H2,2-4H3,(H,36,38). The first-order chi connectivity index (χ1) is 18.7. The second kappa shape index (κ2) is 11.4. The van der Waals surface area contributed by atoms with E-state index in [-0.39, 0.29) is 35.3 Å². The van der Waals surface area contributed by atoms with Crippen molar-refractivity contribution in [3.8, 4) is 0 Å². The Labute approximate surface area is 245 Å². The average molecular weight is 586 g/mol. The molecule has 5 rings (SSSR count). The predicted molar refractivity (Wildman–Crippen MR) is 166 cm³/mol. The van der Waals surface area contributed by atoms with E-state index in [9.17, 15) is 4.79 Å². The van der Waals surface area contributed by atoms with Crippen LogP contribution < -0.4 is 21.3 Å². The van der Waals surface area contributed by atoms with Gasteiger partial charge in [0.2, 0.25) is 0 Å². The Morgan fingerprint density at radius 3 is 2.51 bits per heavy atom. The molecular formula is C31H39Cl2N4OP. The highest BCUT2D eigenvalue weighted by atomic mass is 35.5. The van der Waals surface area contributed by atoms with Crippen molar-refractivity contribution in [1.82, 2.24) is 20.9 Å². The monoisotopic (exact) mass is 584 g/mol. The van der Waals surface area contributed by atoms with Crippen LogP contribution in [0.1, 0.15) is 44.7 Å². The summed E-state index contributed by atoms with van der Waals surface area (Å²) in [4.78, 5) is 15.8. The number of benzene rings is 1. The van der Waals surface area contributed by atoms with Crippen LogP contribution in [0.5, 0.6) is 0 Å². The maximum atomic E-state index is 13.9. The predicted octanol–water partition coefficient (Wildman–Crippen LogP) is 5.68. The van der Waals surface area contributed by atoms with Gasteiger partial charge in [0.1, 0.15) is 0 Å². The van der Waals surface area contributed by atoms with Gasteiger partial charge in [-0.15, -0.1) is 20.8 Å². The van der Waals surface area contributed by atoms with Gasteiger partial charge >= 0.3 is 6.03 Å². The van der Waals surface area contributed by atoms with Gasteiger partial charge < -0.3 is 20.9 Å². The quantitative estimate of drug-likeness (QED) is 0.308. The normalized spacial score (nSPS) is 32.8. The lowest BCUT2D eigenvalue weighted by atomic mass is 9.69. The lowest BCUT2D eigenvalue weighted by Crippen LogP contribution is -2.59. The summed E-state index contributed by atoms with van der Waals surface area (Å²) in [6.07, 6.45) is 11.3. The molecule has 0 spiro atoms. The summed E-state index contributed by atoms with van der Waals surface area (Å²) in [5, 5.41) is 12.7. The number of hydrogen-bond acceptors (Lipinski definition) is 3. The van der Waals surface area contributed by atoms with Gasteiger partial charge in [-0.05, 0) is 52.9 Å². The van der Waals surface area contributed by atoms with E-state index in [2.05, 4.69) is 88.1 Å². The van der Waals surface area contributed by atoms with Crippen molar-refractivity contribution in [1.29, 1.82) is 0 Å². The zero-order chi connectivity index (χ0) is 27.9. The number of alkyl halides is 1. The zero-order valence-corrected chi connectivity index (χ0v) is 25.6. The number of halogens is 2. The molecule has 2 saturated heterocycles. The van der Waals surface area contributed by atoms with Crippen LogP contribution in [0.2, 0.25) is 0 Å². The Bertz CT molecular complexity index is 1260. The SMILES string of the molecule is C=C1C(C2NC(c3ccc(P)cc3)C(NC(=O)N3CCCC3)(C3=CCC(Cl)C=C3)C2C)=CC(NC)=C(Cl)C1C. The molecule has 39 heavy (non-hydrogen) atoms. The van der Waals surface area contributed by atoms with Gasteiger partial charge in [0, 0.05) is 48.7 Å². The molecule has 2 aliphatic heterocycles. The maximum Gasteiger partial charge on any atom is 0.318 e. The number of rotatable bonds is 5. The first-order valence-corrected chi connectivity index (χ1v) is 15.3. The summed E-state index contributed by atoms with van der Waals surface area (Å²) in [7, 11) is 4.66. The van der Waals surface area contributed by atoms with E-state index in [1.54, 1.807) is 0 Å². The summed E-state index contributed by atoms with van der Waals surface area (Å²) < 4.78 is 0. The molecule has 2 fully saturated rings. The molecule has 2 aliphatic carbocycles. The Morgan fingerprint density at radius 1 is 1.21 bits per heavy atom. The number of allylic oxidation sites excluding steroid dienone is 4. The molecule has 0 saturated carbocycles.